The molecule has 1 saturated heterocycles. The first-order valence-corrected chi connectivity index (χ1v) is 8.15. The lowest BCUT2D eigenvalue weighted by Gasteiger charge is -2.33. The predicted octanol–water partition coefficient (Wildman–Crippen LogP) is 2.47. The molecule has 0 N–H and O–H groups in total. The van der Waals surface area contributed by atoms with Crippen LogP contribution in [0.5, 0.6) is 0 Å². The molecule has 126 valence electrons. The number of rotatable bonds is 6. The molecule has 0 bridgehead atoms. The summed E-state index contributed by atoms with van der Waals surface area (Å²) in [6.45, 7) is 1.89. The molecule has 6 heteroatoms. The molecule has 1 aliphatic rings. The highest BCUT2D eigenvalue weighted by atomic mass is 16.6. The highest BCUT2D eigenvalue weighted by molar-refractivity contribution is 5.78. The van der Waals surface area contributed by atoms with Crippen molar-refractivity contribution in [3.63, 3.8) is 0 Å². The number of hydrogen-bond donors (Lipinski definition) is 0. The van der Waals surface area contributed by atoms with Crippen LogP contribution in [0.3, 0.4) is 0 Å². The van der Waals surface area contributed by atoms with Gasteiger partial charge in [-0.2, -0.15) is 0 Å². The Morgan fingerprint density at radius 1 is 1.35 bits per heavy atom. The average Bonchev–Trinajstić information content (AvgIpc) is 2.54. The number of likely N-dealkylation sites (N-methyl/N-ethyl adjacent to an activating group) is 1. The van der Waals surface area contributed by atoms with E-state index in [4.69, 9.17) is 0 Å². The van der Waals surface area contributed by atoms with Gasteiger partial charge in [-0.3, -0.25) is 14.9 Å². The molecule has 0 spiro atoms. The fourth-order valence-corrected chi connectivity index (χ4v) is 3.02. The van der Waals surface area contributed by atoms with Crippen LogP contribution in [-0.2, 0) is 11.2 Å². The van der Waals surface area contributed by atoms with Crippen LogP contribution < -0.4 is 0 Å². The van der Waals surface area contributed by atoms with Crippen molar-refractivity contribution in [2.45, 2.75) is 38.1 Å². The number of nitro benzene ring substituents is 1. The summed E-state index contributed by atoms with van der Waals surface area (Å²) in [5, 5.41) is 10.6. The van der Waals surface area contributed by atoms with Gasteiger partial charge in [-0.25, -0.2) is 0 Å². The van der Waals surface area contributed by atoms with Crippen LogP contribution in [0.15, 0.2) is 24.3 Å². The van der Waals surface area contributed by atoms with Gasteiger partial charge in [0.2, 0.25) is 5.91 Å². The molecule has 1 atom stereocenters. The molecule has 2 rings (SSSR count). The Morgan fingerprint density at radius 2 is 2.04 bits per heavy atom. The summed E-state index contributed by atoms with van der Waals surface area (Å²) in [7, 11) is 3.99. The van der Waals surface area contributed by atoms with Gasteiger partial charge in [0.1, 0.15) is 0 Å². The molecule has 0 radical (unpaired) electrons. The Bertz CT molecular complexity index is 545. The maximum atomic E-state index is 12.3. The Hall–Kier alpha value is -1.95. The van der Waals surface area contributed by atoms with Crippen LogP contribution in [0.4, 0.5) is 5.69 Å². The first kappa shape index (κ1) is 17.4. The molecular weight excluding hydrogens is 294 g/mol. The Balaban J connectivity index is 1.81. The van der Waals surface area contributed by atoms with Crippen molar-refractivity contribution >= 4 is 11.6 Å². The van der Waals surface area contributed by atoms with Crippen LogP contribution in [-0.4, -0.2) is 53.9 Å². The van der Waals surface area contributed by atoms with Gasteiger partial charge in [0.25, 0.3) is 5.69 Å². The monoisotopic (exact) mass is 319 g/mol. The molecule has 0 aliphatic carbocycles. The molecule has 1 amide bonds. The van der Waals surface area contributed by atoms with Gasteiger partial charge >= 0.3 is 0 Å². The molecule has 1 heterocycles. The van der Waals surface area contributed by atoms with Crippen LogP contribution in [0, 0.1) is 10.1 Å². The third-order valence-corrected chi connectivity index (χ3v) is 4.65. The highest BCUT2D eigenvalue weighted by Gasteiger charge is 2.20. The van der Waals surface area contributed by atoms with Crippen LogP contribution in [0.2, 0.25) is 0 Å². The van der Waals surface area contributed by atoms with E-state index < -0.39 is 4.92 Å². The summed E-state index contributed by atoms with van der Waals surface area (Å²) in [6.07, 6.45) is 5.03. The quantitative estimate of drug-likeness (QED) is 0.597. The van der Waals surface area contributed by atoms with Crippen molar-refractivity contribution < 1.29 is 9.72 Å². The van der Waals surface area contributed by atoms with E-state index in [-0.39, 0.29) is 18.0 Å². The Labute approximate surface area is 137 Å². The van der Waals surface area contributed by atoms with Gasteiger partial charge in [-0.1, -0.05) is 18.6 Å². The number of likely N-dealkylation sites (tertiary alicyclic amines) is 1. The second kappa shape index (κ2) is 8.06. The van der Waals surface area contributed by atoms with E-state index in [1.54, 1.807) is 17.0 Å². The van der Waals surface area contributed by atoms with E-state index >= 15 is 0 Å². The van der Waals surface area contributed by atoms with Crippen molar-refractivity contribution in [3.8, 4) is 0 Å². The Kier molecular flexibility index (Phi) is 6.10. The topological polar surface area (TPSA) is 66.7 Å². The Morgan fingerprint density at radius 3 is 2.65 bits per heavy atom. The number of piperidine rings is 1. The third-order valence-electron chi connectivity index (χ3n) is 4.65. The second-order valence-electron chi connectivity index (χ2n) is 6.33. The number of hydrogen-bond acceptors (Lipinski definition) is 4. The number of nitro groups is 1. The highest BCUT2D eigenvalue weighted by Crippen LogP contribution is 2.18. The lowest BCUT2D eigenvalue weighted by atomic mass is 10.00. The number of carbonyl (C=O) groups excluding carboxylic acids is 1. The van der Waals surface area contributed by atoms with Crippen molar-refractivity contribution in [1.29, 1.82) is 0 Å². The molecule has 1 aromatic carbocycles. The maximum absolute atomic E-state index is 12.3. The predicted molar refractivity (Wildman–Crippen MR) is 89.3 cm³/mol. The number of non-ortho nitro benzene ring substituents is 1. The minimum Gasteiger partial charge on any atom is -0.345 e. The standard InChI is InChI=1S/C17H25N3O3/c1-18-11-4-3-5-15(18)10-12-19(2)17(21)13-14-6-8-16(9-7-14)20(22)23/h6-9,15H,3-5,10-13H2,1-2H3/t15-/m1/s1. The first-order chi connectivity index (χ1) is 11.0. The average molecular weight is 319 g/mol. The van der Waals surface area contributed by atoms with Crippen LogP contribution >= 0.6 is 0 Å². The third kappa shape index (κ3) is 5.03. The molecule has 0 unspecified atom stereocenters. The molecule has 0 aromatic heterocycles. The van der Waals surface area contributed by atoms with Gasteiger partial charge < -0.3 is 9.80 Å². The molecule has 0 saturated carbocycles. The molecule has 1 aromatic rings. The van der Waals surface area contributed by atoms with Crippen molar-refractivity contribution in [3.05, 3.63) is 39.9 Å². The number of carbonyl (C=O) groups is 1. The fourth-order valence-electron chi connectivity index (χ4n) is 3.02. The summed E-state index contributed by atoms with van der Waals surface area (Å²) < 4.78 is 0. The van der Waals surface area contributed by atoms with Crippen LogP contribution in [0.1, 0.15) is 31.2 Å². The summed E-state index contributed by atoms with van der Waals surface area (Å²) in [5.74, 6) is 0.0531. The van der Waals surface area contributed by atoms with E-state index in [2.05, 4.69) is 11.9 Å². The second-order valence-corrected chi connectivity index (χ2v) is 6.33. The van der Waals surface area contributed by atoms with Crippen molar-refractivity contribution in [2.75, 3.05) is 27.2 Å². The lowest BCUT2D eigenvalue weighted by molar-refractivity contribution is -0.384. The minimum absolute atomic E-state index is 0.0508. The van der Waals surface area contributed by atoms with Gasteiger partial charge in [-0.15, -0.1) is 0 Å². The van der Waals surface area contributed by atoms with Crippen molar-refractivity contribution in [2.24, 2.45) is 0 Å². The van der Waals surface area contributed by atoms with Crippen molar-refractivity contribution in [1.82, 2.24) is 9.80 Å². The fraction of sp³-hybridized carbons (Fsp3) is 0.588. The molecule has 6 nitrogen and oxygen atoms in total. The molecular formula is C17H25N3O3. The number of nitrogens with zero attached hydrogens (tertiary/aromatic N) is 3. The van der Waals surface area contributed by atoms with E-state index in [1.807, 2.05) is 7.05 Å². The molecule has 1 aliphatic heterocycles. The maximum Gasteiger partial charge on any atom is 0.269 e. The number of amides is 1. The van der Waals surface area contributed by atoms with Gasteiger partial charge in [0.15, 0.2) is 0 Å². The molecule has 1 fully saturated rings. The zero-order chi connectivity index (χ0) is 16.8. The zero-order valence-electron chi connectivity index (χ0n) is 13.9. The van der Waals surface area contributed by atoms with Gasteiger partial charge in [0, 0.05) is 31.8 Å². The smallest absolute Gasteiger partial charge is 0.269 e. The van der Waals surface area contributed by atoms with E-state index in [1.165, 1.54) is 31.4 Å². The van der Waals surface area contributed by atoms with E-state index in [0.29, 0.717) is 6.04 Å². The van der Waals surface area contributed by atoms with Gasteiger partial charge in [0.05, 0.1) is 11.3 Å². The minimum atomic E-state index is -0.432. The van der Waals surface area contributed by atoms with E-state index in [0.717, 1.165) is 25.1 Å². The first-order valence-electron chi connectivity index (χ1n) is 8.15. The largest absolute Gasteiger partial charge is 0.345 e. The normalized spacial score (nSPS) is 18.6. The zero-order valence-corrected chi connectivity index (χ0v) is 13.9. The summed E-state index contributed by atoms with van der Waals surface area (Å²) in [4.78, 5) is 26.6. The molecule has 23 heavy (non-hydrogen) atoms. The van der Waals surface area contributed by atoms with Gasteiger partial charge in [-0.05, 0) is 38.4 Å². The van der Waals surface area contributed by atoms with Crippen LogP contribution in [0.25, 0.3) is 0 Å². The lowest BCUT2D eigenvalue weighted by Crippen LogP contribution is -2.39. The summed E-state index contributed by atoms with van der Waals surface area (Å²) >= 11 is 0. The van der Waals surface area contributed by atoms with E-state index in [9.17, 15) is 14.9 Å². The number of benzene rings is 1. The summed E-state index contributed by atoms with van der Waals surface area (Å²) in [5.41, 5.74) is 0.858. The summed E-state index contributed by atoms with van der Waals surface area (Å²) in [6, 6.07) is 6.76. The SMILES string of the molecule is CN(CC[C@H]1CCCCN1C)C(=O)Cc1ccc([N+](=O)[O-])cc1.